The molecule has 94 valence electrons. The van der Waals surface area contributed by atoms with Gasteiger partial charge in [-0.1, -0.05) is 11.6 Å². The molecule has 0 saturated heterocycles. The van der Waals surface area contributed by atoms with Crippen molar-refractivity contribution in [3.8, 4) is 0 Å². The third kappa shape index (κ3) is 3.01. The van der Waals surface area contributed by atoms with Crippen molar-refractivity contribution in [3.05, 3.63) is 47.1 Å². The van der Waals surface area contributed by atoms with Gasteiger partial charge in [0.25, 0.3) is 0 Å². The quantitative estimate of drug-likeness (QED) is 0.897. The molecular weight excluding hydrogens is 254 g/mol. The summed E-state index contributed by atoms with van der Waals surface area (Å²) in [6.45, 7) is 2.09. The Hall–Kier alpha value is -2.01. The Kier molecular flexibility index (Phi) is 3.84. The van der Waals surface area contributed by atoms with Crippen molar-refractivity contribution in [2.45, 2.75) is 13.5 Å². The Morgan fingerprint density at radius 3 is 3.06 bits per heavy atom. The van der Waals surface area contributed by atoms with Gasteiger partial charge in [0.1, 0.15) is 5.76 Å². The van der Waals surface area contributed by atoms with Crippen molar-refractivity contribution in [1.82, 2.24) is 10.3 Å². The van der Waals surface area contributed by atoms with Gasteiger partial charge in [-0.05, 0) is 25.1 Å². The lowest BCUT2D eigenvalue weighted by Crippen LogP contribution is -2.28. The number of aryl methyl sites for hydroxylation is 1. The van der Waals surface area contributed by atoms with Crippen molar-refractivity contribution in [2.24, 2.45) is 0 Å². The molecule has 0 aliphatic carbocycles. The van der Waals surface area contributed by atoms with Gasteiger partial charge in [-0.3, -0.25) is 4.98 Å². The van der Waals surface area contributed by atoms with Crippen LogP contribution in [0.1, 0.15) is 11.5 Å². The minimum absolute atomic E-state index is 0.320. The zero-order valence-corrected chi connectivity index (χ0v) is 10.5. The lowest BCUT2D eigenvalue weighted by atomic mass is 10.3. The molecule has 2 N–H and O–H groups in total. The Morgan fingerprint density at radius 1 is 1.50 bits per heavy atom. The molecule has 0 unspecified atom stereocenters. The van der Waals surface area contributed by atoms with Crippen LogP contribution in [0.2, 0.25) is 5.02 Å². The first-order valence-corrected chi connectivity index (χ1v) is 5.73. The number of hydrogen-bond donors (Lipinski definition) is 2. The summed E-state index contributed by atoms with van der Waals surface area (Å²) in [7, 11) is 0. The van der Waals surface area contributed by atoms with E-state index >= 15 is 0 Å². The largest absolute Gasteiger partial charge is 0.467 e. The maximum absolute atomic E-state index is 11.6. The number of nitrogens with zero attached hydrogens (tertiary/aromatic N) is 1. The van der Waals surface area contributed by atoms with Crippen LogP contribution in [0, 0.1) is 6.92 Å². The monoisotopic (exact) mass is 265 g/mol. The minimum atomic E-state index is -0.348. The maximum Gasteiger partial charge on any atom is 0.319 e. The molecule has 0 aromatic carbocycles. The molecule has 5 nitrogen and oxygen atoms in total. The second-order valence-electron chi connectivity index (χ2n) is 3.64. The number of rotatable bonds is 3. The third-order valence-electron chi connectivity index (χ3n) is 2.31. The summed E-state index contributed by atoms with van der Waals surface area (Å²) >= 11 is 6.01. The lowest BCUT2D eigenvalue weighted by Gasteiger charge is -2.08. The van der Waals surface area contributed by atoms with Gasteiger partial charge in [0.2, 0.25) is 0 Å². The highest BCUT2D eigenvalue weighted by molar-refractivity contribution is 6.34. The number of nitrogens with one attached hydrogen (secondary N) is 2. The number of carbonyl (C=O) groups is 1. The summed E-state index contributed by atoms with van der Waals surface area (Å²) in [4.78, 5) is 15.6. The first-order valence-electron chi connectivity index (χ1n) is 5.35. The van der Waals surface area contributed by atoms with Gasteiger partial charge in [0.15, 0.2) is 0 Å². The van der Waals surface area contributed by atoms with Gasteiger partial charge in [-0.2, -0.15) is 0 Å². The molecule has 0 spiro atoms. The number of aromatic nitrogens is 1. The smallest absolute Gasteiger partial charge is 0.319 e. The second-order valence-corrected chi connectivity index (χ2v) is 4.02. The van der Waals surface area contributed by atoms with Crippen LogP contribution >= 0.6 is 11.6 Å². The molecule has 2 aromatic heterocycles. The van der Waals surface area contributed by atoms with E-state index in [1.165, 1.54) is 0 Å². The van der Waals surface area contributed by atoms with Crippen molar-refractivity contribution in [1.29, 1.82) is 0 Å². The van der Waals surface area contributed by atoms with E-state index in [0.717, 1.165) is 0 Å². The van der Waals surface area contributed by atoms with Gasteiger partial charge >= 0.3 is 6.03 Å². The van der Waals surface area contributed by atoms with Gasteiger partial charge in [0.05, 0.1) is 29.2 Å². The van der Waals surface area contributed by atoms with Gasteiger partial charge in [-0.15, -0.1) is 0 Å². The lowest BCUT2D eigenvalue weighted by molar-refractivity contribution is 0.251. The molecule has 0 aliphatic rings. The number of hydrogen-bond acceptors (Lipinski definition) is 3. The minimum Gasteiger partial charge on any atom is -0.467 e. The molecule has 6 heteroatoms. The summed E-state index contributed by atoms with van der Waals surface area (Å²) in [6.07, 6.45) is 3.14. The maximum atomic E-state index is 11.6. The highest BCUT2D eigenvalue weighted by Gasteiger charge is 2.07. The Balaban J connectivity index is 1.93. The van der Waals surface area contributed by atoms with Crippen LogP contribution < -0.4 is 10.6 Å². The first-order chi connectivity index (χ1) is 8.66. The van der Waals surface area contributed by atoms with E-state index in [1.807, 2.05) is 0 Å². The molecular formula is C12H12ClN3O2. The molecule has 0 fully saturated rings. The molecule has 18 heavy (non-hydrogen) atoms. The van der Waals surface area contributed by atoms with Crippen molar-refractivity contribution >= 4 is 23.3 Å². The predicted molar refractivity (Wildman–Crippen MR) is 68.6 cm³/mol. The Bertz CT molecular complexity index is 540. The van der Waals surface area contributed by atoms with Crippen LogP contribution in [0.3, 0.4) is 0 Å². The fourth-order valence-corrected chi connectivity index (χ4v) is 1.55. The summed E-state index contributed by atoms with van der Waals surface area (Å²) in [5, 5.41) is 5.74. The topological polar surface area (TPSA) is 67.2 Å². The normalized spacial score (nSPS) is 10.1. The number of carbonyl (C=O) groups excluding carboxylic acids is 1. The van der Waals surface area contributed by atoms with E-state index in [1.54, 1.807) is 37.6 Å². The highest BCUT2D eigenvalue weighted by Crippen LogP contribution is 2.23. The van der Waals surface area contributed by atoms with Crippen molar-refractivity contribution < 1.29 is 9.21 Å². The number of amides is 2. The van der Waals surface area contributed by atoms with E-state index < -0.39 is 0 Å². The van der Waals surface area contributed by atoms with E-state index in [0.29, 0.717) is 28.7 Å². The van der Waals surface area contributed by atoms with E-state index in [4.69, 9.17) is 16.0 Å². The van der Waals surface area contributed by atoms with Crippen LogP contribution in [0.15, 0.2) is 35.1 Å². The fourth-order valence-electron chi connectivity index (χ4n) is 1.39. The molecule has 0 saturated carbocycles. The summed E-state index contributed by atoms with van der Waals surface area (Å²) in [5.41, 5.74) is 1.20. The molecule has 2 heterocycles. The van der Waals surface area contributed by atoms with Crippen molar-refractivity contribution in [2.75, 3.05) is 5.32 Å². The van der Waals surface area contributed by atoms with Crippen LogP contribution in [-0.4, -0.2) is 11.0 Å². The molecule has 2 rings (SSSR count). The summed E-state index contributed by atoms with van der Waals surface area (Å²) < 4.78 is 5.10. The summed E-state index contributed by atoms with van der Waals surface area (Å²) in [6, 6.07) is 4.84. The Labute approximate surface area is 109 Å². The van der Waals surface area contributed by atoms with Gasteiger partial charge in [-0.25, -0.2) is 4.79 Å². The van der Waals surface area contributed by atoms with E-state index in [-0.39, 0.29) is 6.03 Å². The zero-order chi connectivity index (χ0) is 13.0. The average molecular weight is 266 g/mol. The molecule has 0 aliphatic heterocycles. The van der Waals surface area contributed by atoms with Gasteiger partial charge < -0.3 is 15.1 Å². The molecule has 2 aromatic rings. The Morgan fingerprint density at radius 2 is 2.33 bits per heavy atom. The SMILES string of the molecule is Cc1nccc(NC(=O)NCc2ccco2)c1Cl. The second kappa shape index (κ2) is 5.55. The van der Waals surface area contributed by atoms with Crippen LogP contribution in [0.5, 0.6) is 0 Å². The standard InChI is InChI=1S/C12H12ClN3O2/c1-8-11(13)10(4-5-14-8)16-12(17)15-7-9-3-2-6-18-9/h2-6H,7H2,1H3,(H2,14,15,16,17). The number of urea groups is 1. The van der Waals surface area contributed by atoms with Crippen molar-refractivity contribution in [3.63, 3.8) is 0 Å². The van der Waals surface area contributed by atoms with Gasteiger partial charge in [0, 0.05) is 6.20 Å². The number of furan rings is 1. The molecule has 0 bridgehead atoms. The third-order valence-corrected chi connectivity index (χ3v) is 2.79. The van der Waals surface area contributed by atoms with E-state index in [2.05, 4.69) is 15.6 Å². The van der Waals surface area contributed by atoms with Crippen LogP contribution in [-0.2, 0) is 6.54 Å². The number of anilines is 1. The first kappa shape index (κ1) is 12.4. The predicted octanol–water partition coefficient (Wildman–Crippen LogP) is 2.96. The van der Waals surface area contributed by atoms with Crippen LogP contribution in [0.25, 0.3) is 0 Å². The molecule has 2 amide bonds. The molecule has 0 atom stereocenters. The number of halogens is 1. The summed E-state index contributed by atoms with van der Waals surface area (Å²) in [5.74, 6) is 0.683. The molecule has 0 radical (unpaired) electrons. The number of pyridine rings is 1. The average Bonchev–Trinajstić information content (AvgIpc) is 2.86. The van der Waals surface area contributed by atoms with Crippen LogP contribution in [0.4, 0.5) is 10.5 Å². The highest BCUT2D eigenvalue weighted by atomic mass is 35.5. The van der Waals surface area contributed by atoms with E-state index in [9.17, 15) is 4.79 Å². The zero-order valence-electron chi connectivity index (χ0n) is 9.74. The fraction of sp³-hybridized carbons (Fsp3) is 0.167.